The molecule has 1 aromatic heterocycles. The van der Waals surface area contributed by atoms with E-state index in [1.807, 2.05) is 25.7 Å². The molecule has 1 aromatic carbocycles. The molecule has 1 amide bonds. The van der Waals surface area contributed by atoms with Crippen LogP contribution in [-0.2, 0) is 9.47 Å². The Morgan fingerprint density at radius 2 is 2.06 bits per heavy atom. The second-order valence-electron chi connectivity index (χ2n) is 9.27. The highest BCUT2D eigenvalue weighted by Gasteiger charge is 2.28. The van der Waals surface area contributed by atoms with Crippen LogP contribution in [0.4, 0.5) is 10.7 Å². The second kappa shape index (κ2) is 10.3. The highest BCUT2D eigenvalue weighted by atomic mass is 79.9. The fourth-order valence-electron chi connectivity index (χ4n) is 3.88. The number of aromatic amines is 1. The van der Waals surface area contributed by atoms with Gasteiger partial charge >= 0.3 is 6.09 Å². The molecule has 2 aromatic rings. The summed E-state index contributed by atoms with van der Waals surface area (Å²) >= 11 is 9.97. The standard InChI is InChI=1S/C22H29BrClN5O5/c1-22(2,3)34-21(31)29-5-4-25-13(11-29)12-33-18-16-15(10-14(23)17(18)24)26-20(27-19(16)30)28-6-8-32-9-7-28/h10,13,25H,4-9,11-12H2,1-3H3,(H,26,27,30). The molecule has 3 heterocycles. The van der Waals surface area contributed by atoms with Gasteiger partial charge in [0.2, 0.25) is 5.95 Å². The first-order chi connectivity index (χ1) is 16.1. The Morgan fingerprint density at radius 3 is 2.76 bits per heavy atom. The summed E-state index contributed by atoms with van der Waals surface area (Å²) in [7, 11) is 0. The highest BCUT2D eigenvalue weighted by molar-refractivity contribution is 9.10. The van der Waals surface area contributed by atoms with Crippen LogP contribution >= 0.6 is 27.5 Å². The van der Waals surface area contributed by atoms with Crippen molar-refractivity contribution in [1.82, 2.24) is 20.2 Å². The van der Waals surface area contributed by atoms with Crippen molar-refractivity contribution < 1.29 is 19.0 Å². The van der Waals surface area contributed by atoms with Crippen LogP contribution in [0, 0.1) is 0 Å². The maximum atomic E-state index is 13.1. The molecule has 1 unspecified atom stereocenters. The third kappa shape index (κ3) is 5.76. The highest BCUT2D eigenvalue weighted by Crippen LogP contribution is 2.37. The number of hydrogen-bond acceptors (Lipinski definition) is 8. The molecule has 0 aliphatic carbocycles. The predicted octanol–water partition coefficient (Wildman–Crippen LogP) is 2.76. The average molecular weight is 559 g/mol. The number of nitrogens with zero attached hydrogens (tertiary/aromatic N) is 3. The molecule has 4 rings (SSSR count). The summed E-state index contributed by atoms with van der Waals surface area (Å²) in [5.74, 6) is 0.743. The molecule has 2 aliphatic heterocycles. The molecule has 0 spiro atoms. The molecule has 12 heteroatoms. The summed E-state index contributed by atoms with van der Waals surface area (Å²) in [6.45, 7) is 9.72. The summed E-state index contributed by atoms with van der Waals surface area (Å²) < 4.78 is 17.5. The van der Waals surface area contributed by atoms with Crippen molar-refractivity contribution in [2.75, 3.05) is 57.4 Å². The topological polar surface area (TPSA) is 109 Å². The fourth-order valence-corrected chi connectivity index (χ4v) is 4.48. The van der Waals surface area contributed by atoms with E-state index >= 15 is 0 Å². The minimum atomic E-state index is -0.565. The zero-order valence-corrected chi connectivity index (χ0v) is 21.8. The van der Waals surface area contributed by atoms with Crippen LogP contribution in [-0.4, -0.2) is 85.1 Å². The van der Waals surface area contributed by atoms with Gasteiger partial charge < -0.3 is 29.3 Å². The van der Waals surface area contributed by atoms with Gasteiger partial charge in [0.05, 0.1) is 29.8 Å². The molecule has 2 N–H and O–H groups in total. The first-order valence-corrected chi connectivity index (χ1v) is 12.4. The lowest BCUT2D eigenvalue weighted by Gasteiger charge is -2.34. The fraction of sp³-hybridized carbons (Fsp3) is 0.591. The quantitative estimate of drug-likeness (QED) is 0.590. The van der Waals surface area contributed by atoms with Gasteiger partial charge in [0.25, 0.3) is 5.56 Å². The molecule has 1 atom stereocenters. The normalized spacial score (nSPS) is 19.4. The van der Waals surface area contributed by atoms with Gasteiger partial charge in [0.1, 0.15) is 17.6 Å². The number of aromatic nitrogens is 2. The van der Waals surface area contributed by atoms with Crippen LogP contribution in [0.2, 0.25) is 5.02 Å². The van der Waals surface area contributed by atoms with Gasteiger partial charge in [0.15, 0.2) is 5.75 Å². The monoisotopic (exact) mass is 557 g/mol. The van der Waals surface area contributed by atoms with Crippen LogP contribution in [0.3, 0.4) is 0 Å². The number of anilines is 1. The van der Waals surface area contributed by atoms with E-state index in [0.29, 0.717) is 66.9 Å². The number of halogens is 2. The Morgan fingerprint density at radius 1 is 1.32 bits per heavy atom. The van der Waals surface area contributed by atoms with E-state index in [1.54, 1.807) is 11.0 Å². The number of piperazine rings is 1. The molecule has 34 heavy (non-hydrogen) atoms. The molecule has 186 valence electrons. The van der Waals surface area contributed by atoms with Crippen LogP contribution in [0.5, 0.6) is 5.75 Å². The maximum Gasteiger partial charge on any atom is 0.410 e. The summed E-state index contributed by atoms with van der Waals surface area (Å²) in [5, 5.41) is 3.91. The minimum absolute atomic E-state index is 0.161. The number of carbonyl (C=O) groups is 1. The lowest BCUT2D eigenvalue weighted by atomic mass is 10.2. The van der Waals surface area contributed by atoms with Crippen LogP contribution in [0.25, 0.3) is 10.9 Å². The van der Waals surface area contributed by atoms with E-state index in [0.717, 1.165) is 0 Å². The number of nitrogens with one attached hydrogen (secondary N) is 2. The van der Waals surface area contributed by atoms with Gasteiger partial charge in [0, 0.05) is 37.2 Å². The van der Waals surface area contributed by atoms with E-state index in [2.05, 4.69) is 31.2 Å². The van der Waals surface area contributed by atoms with Crippen molar-refractivity contribution in [1.29, 1.82) is 0 Å². The van der Waals surface area contributed by atoms with Crippen molar-refractivity contribution in [3.05, 3.63) is 25.9 Å². The molecule has 2 saturated heterocycles. The molecular weight excluding hydrogens is 530 g/mol. The van der Waals surface area contributed by atoms with Gasteiger partial charge in [-0.05, 0) is 42.8 Å². The number of carbonyl (C=O) groups excluding carboxylic acids is 1. The third-order valence-electron chi connectivity index (χ3n) is 5.48. The first-order valence-electron chi connectivity index (χ1n) is 11.2. The number of morpholine rings is 1. The lowest BCUT2D eigenvalue weighted by molar-refractivity contribution is 0.0178. The van der Waals surface area contributed by atoms with E-state index < -0.39 is 5.60 Å². The van der Waals surface area contributed by atoms with Gasteiger partial charge in [-0.2, -0.15) is 0 Å². The molecule has 0 saturated carbocycles. The Hall–Kier alpha value is -2.08. The zero-order valence-electron chi connectivity index (χ0n) is 19.5. The Labute approximate surface area is 211 Å². The molecule has 2 aliphatic rings. The minimum Gasteiger partial charge on any atom is -0.489 e. The van der Waals surface area contributed by atoms with E-state index in [-0.39, 0.29) is 35.4 Å². The number of fused-ring (bicyclic) bond motifs is 1. The maximum absolute atomic E-state index is 13.1. The van der Waals surface area contributed by atoms with Crippen molar-refractivity contribution >= 4 is 50.5 Å². The number of benzene rings is 1. The molecular formula is C22H29BrClN5O5. The van der Waals surface area contributed by atoms with Crippen molar-refractivity contribution in [2.45, 2.75) is 32.4 Å². The third-order valence-corrected chi connectivity index (χ3v) is 6.71. The second-order valence-corrected chi connectivity index (χ2v) is 10.5. The van der Waals surface area contributed by atoms with Crippen LogP contribution in [0.15, 0.2) is 15.3 Å². The number of ether oxygens (including phenoxy) is 3. The Kier molecular flexibility index (Phi) is 7.56. The van der Waals surface area contributed by atoms with Crippen molar-refractivity contribution in [3.8, 4) is 5.75 Å². The van der Waals surface area contributed by atoms with Gasteiger partial charge in [-0.25, -0.2) is 9.78 Å². The molecule has 0 radical (unpaired) electrons. The predicted molar refractivity (Wildman–Crippen MR) is 133 cm³/mol. The first kappa shape index (κ1) is 25.0. The number of H-pyrrole nitrogens is 1. The number of hydrogen-bond donors (Lipinski definition) is 2. The smallest absolute Gasteiger partial charge is 0.410 e. The van der Waals surface area contributed by atoms with E-state index in [4.69, 9.17) is 25.8 Å². The van der Waals surface area contributed by atoms with Crippen molar-refractivity contribution in [2.24, 2.45) is 0 Å². The van der Waals surface area contributed by atoms with E-state index in [9.17, 15) is 9.59 Å². The zero-order chi connectivity index (χ0) is 24.5. The lowest BCUT2D eigenvalue weighted by Crippen LogP contribution is -2.55. The summed E-state index contributed by atoms with van der Waals surface area (Å²) in [4.78, 5) is 36.6. The molecule has 10 nitrogen and oxygen atoms in total. The van der Waals surface area contributed by atoms with Gasteiger partial charge in [-0.1, -0.05) is 11.6 Å². The summed E-state index contributed by atoms with van der Waals surface area (Å²) in [6.07, 6.45) is -0.360. The van der Waals surface area contributed by atoms with Crippen LogP contribution < -0.4 is 20.5 Å². The largest absolute Gasteiger partial charge is 0.489 e. The van der Waals surface area contributed by atoms with Crippen LogP contribution in [0.1, 0.15) is 20.8 Å². The summed E-state index contributed by atoms with van der Waals surface area (Å²) in [5.41, 5.74) is -0.420. The summed E-state index contributed by atoms with van der Waals surface area (Å²) in [6, 6.07) is 1.55. The Bertz CT molecular complexity index is 1120. The molecule has 2 fully saturated rings. The SMILES string of the molecule is CC(C)(C)OC(=O)N1CCNC(COc2c(Cl)c(Br)cc3nc(N4CCOCC4)[nH]c(=O)c23)C1. The number of rotatable bonds is 4. The van der Waals surface area contributed by atoms with E-state index in [1.165, 1.54) is 0 Å². The van der Waals surface area contributed by atoms with Crippen molar-refractivity contribution in [3.63, 3.8) is 0 Å². The number of amides is 1. The van der Waals surface area contributed by atoms with Gasteiger partial charge in [-0.15, -0.1) is 0 Å². The van der Waals surface area contributed by atoms with Gasteiger partial charge in [-0.3, -0.25) is 9.78 Å². The Balaban J connectivity index is 1.54. The average Bonchev–Trinajstić information content (AvgIpc) is 2.79. The molecule has 0 bridgehead atoms.